The standard InChI is InChI=1S/C14H11BFN3O4/c1-22-14(20)13-12(18)7(4-17)5-19(13)11-3-8(16)2-10-9(11)6-23-15(10)21/h2-3,5,21H,6,18H2,1H3. The van der Waals surface area contributed by atoms with Gasteiger partial charge in [0.25, 0.3) is 0 Å². The second-order valence-corrected chi connectivity index (χ2v) is 4.93. The monoisotopic (exact) mass is 315 g/mol. The summed E-state index contributed by atoms with van der Waals surface area (Å²) >= 11 is 0. The Morgan fingerprint density at radius 3 is 3.00 bits per heavy atom. The molecule has 116 valence electrons. The van der Waals surface area contributed by atoms with Gasteiger partial charge in [-0.05, 0) is 17.6 Å². The first-order valence-electron chi connectivity index (χ1n) is 6.59. The molecule has 0 radical (unpaired) electrons. The van der Waals surface area contributed by atoms with Gasteiger partial charge in [-0.3, -0.25) is 0 Å². The molecule has 3 rings (SSSR count). The highest BCUT2D eigenvalue weighted by molar-refractivity contribution is 6.61. The van der Waals surface area contributed by atoms with Crippen LogP contribution in [0, 0.1) is 17.1 Å². The van der Waals surface area contributed by atoms with Gasteiger partial charge in [0.15, 0.2) is 5.69 Å². The molecule has 0 aliphatic carbocycles. The number of rotatable bonds is 2. The summed E-state index contributed by atoms with van der Waals surface area (Å²) in [5.74, 6) is -1.38. The number of nitrogen functional groups attached to an aromatic ring is 1. The maximum absolute atomic E-state index is 13.9. The van der Waals surface area contributed by atoms with Gasteiger partial charge in [0, 0.05) is 11.8 Å². The van der Waals surface area contributed by atoms with Crippen LogP contribution in [-0.2, 0) is 16.0 Å². The van der Waals surface area contributed by atoms with Gasteiger partial charge < -0.3 is 24.7 Å². The highest BCUT2D eigenvalue weighted by atomic mass is 19.1. The number of anilines is 1. The van der Waals surface area contributed by atoms with Crippen LogP contribution >= 0.6 is 0 Å². The third-order valence-corrected chi connectivity index (χ3v) is 3.68. The van der Waals surface area contributed by atoms with Crippen molar-refractivity contribution in [3.05, 3.63) is 41.0 Å². The number of halogens is 1. The van der Waals surface area contributed by atoms with E-state index in [1.165, 1.54) is 23.9 Å². The summed E-state index contributed by atoms with van der Waals surface area (Å²) in [5.41, 5.74) is 6.76. The molecule has 7 nitrogen and oxygen atoms in total. The number of ether oxygens (including phenoxy) is 1. The van der Waals surface area contributed by atoms with E-state index in [0.29, 0.717) is 5.56 Å². The molecule has 0 atom stereocenters. The minimum atomic E-state index is -1.25. The van der Waals surface area contributed by atoms with Crippen LogP contribution in [0.4, 0.5) is 10.1 Å². The largest absolute Gasteiger partial charge is 0.491 e. The van der Waals surface area contributed by atoms with Gasteiger partial charge in [-0.1, -0.05) is 0 Å². The van der Waals surface area contributed by atoms with E-state index >= 15 is 0 Å². The van der Waals surface area contributed by atoms with Gasteiger partial charge in [-0.2, -0.15) is 5.26 Å². The van der Waals surface area contributed by atoms with Crippen molar-refractivity contribution in [2.24, 2.45) is 0 Å². The number of nitriles is 1. The molecule has 1 aliphatic heterocycles. The zero-order valence-electron chi connectivity index (χ0n) is 12.0. The lowest BCUT2D eigenvalue weighted by Gasteiger charge is -2.12. The Balaban J connectivity index is 2.31. The van der Waals surface area contributed by atoms with Gasteiger partial charge in [-0.15, -0.1) is 0 Å². The number of esters is 1. The summed E-state index contributed by atoms with van der Waals surface area (Å²) in [5, 5.41) is 18.9. The number of carbonyl (C=O) groups excluding carboxylic acids is 1. The Morgan fingerprint density at radius 2 is 2.35 bits per heavy atom. The quantitative estimate of drug-likeness (QED) is 0.599. The smallest absolute Gasteiger partial charge is 0.464 e. The number of carbonyl (C=O) groups is 1. The molecule has 2 heterocycles. The number of methoxy groups -OCH3 is 1. The van der Waals surface area contributed by atoms with E-state index in [4.69, 9.17) is 15.6 Å². The Morgan fingerprint density at radius 1 is 1.61 bits per heavy atom. The molecule has 0 amide bonds. The molecule has 1 aromatic heterocycles. The van der Waals surface area contributed by atoms with Gasteiger partial charge in [0.2, 0.25) is 0 Å². The lowest BCUT2D eigenvalue weighted by atomic mass is 9.79. The van der Waals surface area contributed by atoms with Crippen LogP contribution in [0.3, 0.4) is 0 Å². The number of nitrogens with two attached hydrogens (primary N) is 1. The molecule has 1 aliphatic rings. The first-order valence-corrected chi connectivity index (χ1v) is 6.59. The van der Waals surface area contributed by atoms with Crippen LogP contribution in [0.2, 0.25) is 0 Å². The normalized spacial score (nSPS) is 12.9. The van der Waals surface area contributed by atoms with Crippen LogP contribution in [0.5, 0.6) is 0 Å². The minimum absolute atomic E-state index is 0.0344. The number of benzene rings is 1. The highest BCUT2D eigenvalue weighted by Crippen LogP contribution is 2.28. The van der Waals surface area contributed by atoms with E-state index in [0.717, 1.165) is 6.07 Å². The Labute approximate surface area is 130 Å². The SMILES string of the molecule is COC(=O)c1c(N)c(C#N)cn1-c1cc(F)cc2c1COB2O. The fourth-order valence-corrected chi connectivity index (χ4v) is 2.59. The second-order valence-electron chi connectivity index (χ2n) is 4.93. The summed E-state index contributed by atoms with van der Waals surface area (Å²) in [6, 6.07) is 4.20. The van der Waals surface area contributed by atoms with E-state index in [2.05, 4.69) is 4.74 Å². The maximum Gasteiger partial charge on any atom is 0.491 e. The van der Waals surface area contributed by atoms with Crippen LogP contribution in [0.1, 0.15) is 21.6 Å². The third kappa shape index (κ3) is 2.25. The van der Waals surface area contributed by atoms with Crippen molar-refractivity contribution in [1.29, 1.82) is 5.26 Å². The van der Waals surface area contributed by atoms with Gasteiger partial charge in [-0.25, -0.2) is 9.18 Å². The zero-order valence-corrected chi connectivity index (χ0v) is 12.0. The molecule has 1 aromatic carbocycles. The average Bonchev–Trinajstić information content (AvgIpc) is 3.06. The summed E-state index contributed by atoms with van der Waals surface area (Å²) in [6.45, 7) is 0.0344. The predicted molar refractivity (Wildman–Crippen MR) is 78.6 cm³/mol. The van der Waals surface area contributed by atoms with Gasteiger partial charge in [0.1, 0.15) is 11.9 Å². The lowest BCUT2D eigenvalue weighted by molar-refractivity contribution is 0.0593. The number of hydrogen-bond donors (Lipinski definition) is 2. The van der Waals surface area contributed by atoms with E-state index in [1.807, 2.05) is 6.07 Å². The van der Waals surface area contributed by atoms with Crippen molar-refractivity contribution in [2.45, 2.75) is 6.61 Å². The van der Waals surface area contributed by atoms with Crippen LogP contribution in [0.25, 0.3) is 5.69 Å². The van der Waals surface area contributed by atoms with Crippen molar-refractivity contribution in [2.75, 3.05) is 12.8 Å². The molecule has 0 bridgehead atoms. The molecular weight excluding hydrogens is 304 g/mol. The molecule has 0 fully saturated rings. The number of nitrogens with zero attached hydrogens (tertiary/aromatic N) is 2. The predicted octanol–water partition coefficient (Wildman–Crippen LogP) is 0.0746. The van der Waals surface area contributed by atoms with Gasteiger partial charge in [0.05, 0.1) is 30.7 Å². The highest BCUT2D eigenvalue weighted by Gasteiger charge is 2.32. The molecular formula is C14H11BFN3O4. The molecule has 2 aromatic rings. The van der Waals surface area contributed by atoms with E-state index in [9.17, 15) is 14.2 Å². The number of hydrogen-bond acceptors (Lipinski definition) is 6. The van der Waals surface area contributed by atoms with Crippen LogP contribution < -0.4 is 11.2 Å². The fourth-order valence-electron chi connectivity index (χ4n) is 2.59. The lowest BCUT2D eigenvalue weighted by Crippen LogP contribution is -2.29. The van der Waals surface area contributed by atoms with Crippen molar-refractivity contribution in [3.8, 4) is 11.8 Å². The molecule has 9 heteroatoms. The van der Waals surface area contributed by atoms with Crippen molar-refractivity contribution in [1.82, 2.24) is 4.57 Å². The van der Waals surface area contributed by atoms with E-state index in [1.54, 1.807) is 0 Å². The summed E-state index contributed by atoms with van der Waals surface area (Å²) in [4.78, 5) is 12.0. The minimum Gasteiger partial charge on any atom is -0.464 e. The van der Waals surface area contributed by atoms with Crippen LogP contribution in [-0.4, -0.2) is 29.8 Å². The van der Waals surface area contributed by atoms with Gasteiger partial charge >= 0.3 is 13.1 Å². The second kappa shape index (κ2) is 5.42. The average molecular weight is 315 g/mol. The third-order valence-electron chi connectivity index (χ3n) is 3.68. The van der Waals surface area contributed by atoms with E-state index < -0.39 is 18.9 Å². The Kier molecular flexibility index (Phi) is 3.56. The number of aromatic nitrogens is 1. The molecule has 0 saturated heterocycles. The molecule has 0 saturated carbocycles. The summed E-state index contributed by atoms with van der Waals surface area (Å²) in [6.07, 6.45) is 1.32. The fraction of sp³-hybridized carbons (Fsp3) is 0.143. The zero-order chi connectivity index (χ0) is 16.7. The summed E-state index contributed by atoms with van der Waals surface area (Å²) < 4.78 is 25.0. The Bertz CT molecular complexity index is 859. The van der Waals surface area contributed by atoms with Crippen molar-refractivity contribution in [3.63, 3.8) is 0 Å². The molecule has 0 unspecified atom stereocenters. The number of fused-ring (bicyclic) bond motifs is 1. The molecule has 23 heavy (non-hydrogen) atoms. The summed E-state index contributed by atoms with van der Waals surface area (Å²) in [7, 11) is -0.0713. The molecule has 0 spiro atoms. The van der Waals surface area contributed by atoms with Crippen LogP contribution in [0.15, 0.2) is 18.3 Å². The van der Waals surface area contributed by atoms with Crippen molar-refractivity contribution < 1.29 is 23.6 Å². The van der Waals surface area contributed by atoms with E-state index in [-0.39, 0.29) is 34.7 Å². The first kappa shape index (κ1) is 15.1. The molecule has 3 N–H and O–H groups in total. The Hall–Kier alpha value is -2.83. The maximum atomic E-state index is 13.9. The topological polar surface area (TPSA) is 110 Å². The first-order chi connectivity index (χ1) is 11.0. The van der Waals surface area contributed by atoms with Crippen molar-refractivity contribution >= 4 is 24.2 Å².